The Bertz CT molecular complexity index is 603. The molecule has 2 rings (SSSR count). The maximum absolute atomic E-state index is 12.1. The monoisotopic (exact) mass is 329 g/mol. The topological polar surface area (TPSA) is 75.2 Å². The summed E-state index contributed by atoms with van der Waals surface area (Å²) < 4.78 is 1.43. The molecule has 1 aliphatic rings. The minimum atomic E-state index is -0.575. The van der Waals surface area contributed by atoms with Crippen LogP contribution in [0.25, 0.3) is 0 Å². The van der Waals surface area contributed by atoms with E-state index >= 15 is 0 Å². The van der Waals surface area contributed by atoms with Crippen LogP contribution in [-0.2, 0) is 11.3 Å². The molecule has 1 aromatic heterocycles. The van der Waals surface area contributed by atoms with Crippen LogP contribution in [0.3, 0.4) is 0 Å². The number of aromatic amines is 1. The normalized spacial score (nSPS) is 16.2. The highest BCUT2D eigenvalue weighted by atomic mass is 79.9. The predicted octanol–water partition coefficient (Wildman–Crippen LogP) is 0.556. The fraction of sp³-hybridized carbons (Fsp3) is 0.583. The number of halogens is 1. The maximum Gasteiger partial charge on any atom is 0.328 e. The summed E-state index contributed by atoms with van der Waals surface area (Å²) in [5.74, 6) is 0.438. The van der Waals surface area contributed by atoms with E-state index in [4.69, 9.17) is 0 Å². The lowest BCUT2D eigenvalue weighted by Crippen LogP contribution is -2.41. The second kappa shape index (κ2) is 5.32. The van der Waals surface area contributed by atoms with Crippen molar-refractivity contribution in [1.29, 1.82) is 0 Å². The van der Waals surface area contributed by atoms with Gasteiger partial charge in [-0.1, -0.05) is 0 Å². The molecule has 0 bridgehead atoms. The number of hydrogen-bond acceptors (Lipinski definition) is 3. The minimum absolute atomic E-state index is 0.0677. The molecule has 104 valence electrons. The van der Waals surface area contributed by atoms with Crippen molar-refractivity contribution in [3.05, 3.63) is 31.5 Å². The third-order valence-corrected chi connectivity index (χ3v) is 4.15. The molecule has 1 atom stereocenters. The van der Waals surface area contributed by atoms with Crippen molar-refractivity contribution in [1.82, 2.24) is 14.5 Å². The van der Waals surface area contributed by atoms with E-state index in [1.807, 2.05) is 6.92 Å². The zero-order valence-corrected chi connectivity index (χ0v) is 12.4. The fourth-order valence-corrected chi connectivity index (χ4v) is 2.33. The van der Waals surface area contributed by atoms with E-state index in [0.29, 0.717) is 5.92 Å². The lowest BCUT2D eigenvalue weighted by atomic mass is 10.2. The Balaban J connectivity index is 2.12. The van der Waals surface area contributed by atoms with Gasteiger partial charge in [0.1, 0.15) is 6.54 Å². The molecule has 1 heterocycles. The van der Waals surface area contributed by atoms with Gasteiger partial charge in [0.25, 0.3) is 5.56 Å². The van der Waals surface area contributed by atoms with Gasteiger partial charge < -0.3 is 4.90 Å². The Morgan fingerprint density at radius 2 is 2.21 bits per heavy atom. The Kier molecular flexibility index (Phi) is 3.93. The van der Waals surface area contributed by atoms with E-state index in [-0.39, 0.29) is 23.0 Å². The summed E-state index contributed by atoms with van der Waals surface area (Å²) in [6.45, 7) is 1.95. The van der Waals surface area contributed by atoms with Gasteiger partial charge in [0, 0.05) is 19.3 Å². The Morgan fingerprint density at radius 1 is 1.58 bits per heavy atom. The molecule has 1 saturated carbocycles. The predicted molar refractivity (Wildman–Crippen MR) is 74.0 cm³/mol. The Hall–Kier alpha value is -1.37. The van der Waals surface area contributed by atoms with Gasteiger partial charge in [-0.05, 0) is 41.6 Å². The number of carbonyl (C=O) groups excluding carboxylic acids is 1. The largest absolute Gasteiger partial charge is 0.341 e. The van der Waals surface area contributed by atoms with Crippen LogP contribution in [0.1, 0.15) is 19.8 Å². The van der Waals surface area contributed by atoms with Gasteiger partial charge in [0.2, 0.25) is 5.91 Å². The van der Waals surface area contributed by atoms with Crippen LogP contribution in [0.4, 0.5) is 0 Å². The second-order valence-electron chi connectivity index (χ2n) is 4.95. The number of aromatic nitrogens is 2. The quantitative estimate of drug-likeness (QED) is 0.876. The molecule has 1 N–H and O–H groups in total. The fourth-order valence-electron chi connectivity index (χ4n) is 1.98. The third-order valence-electron chi connectivity index (χ3n) is 3.58. The summed E-state index contributed by atoms with van der Waals surface area (Å²) in [6.07, 6.45) is 3.65. The smallest absolute Gasteiger partial charge is 0.328 e. The standard InChI is InChI=1S/C12H16BrN3O3/c1-7(8-3-4-8)15(2)10(17)6-16-5-9(13)11(18)14-12(16)19/h5,7-8H,3-4,6H2,1-2H3,(H,14,18,19)/t7-/m1/s1. The third kappa shape index (κ3) is 3.15. The molecule has 19 heavy (non-hydrogen) atoms. The number of H-pyrrole nitrogens is 1. The van der Waals surface area contributed by atoms with Crippen molar-refractivity contribution >= 4 is 21.8 Å². The zero-order valence-electron chi connectivity index (χ0n) is 10.9. The highest BCUT2D eigenvalue weighted by Crippen LogP contribution is 2.34. The van der Waals surface area contributed by atoms with Gasteiger partial charge >= 0.3 is 5.69 Å². The highest BCUT2D eigenvalue weighted by molar-refractivity contribution is 9.10. The average Bonchev–Trinajstić information content (AvgIpc) is 3.18. The lowest BCUT2D eigenvalue weighted by Gasteiger charge is -2.25. The van der Waals surface area contributed by atoms with Gasteiger partial charge in [-0.15, -0.1) is 0 Å². The van der Waals surface area contributed by atoms with Crippen molar-refractivity contribution < 1.29 is 4.79 Å². The van der Waals surface area contributed by atoms with Crippen molar-refractivity contribution in [2.45, 2.75) is 32.4 Å². The van der Waals surface area contributed by atoms with E-state index in [1.165, 1.54) is 10.8 Å². The first-order chi connectivity index (χ1) is 8.90. The molecule has 0 saturated heterocycles. The minimum Gasteiger partial charge on any atom is -0.341 e. The van der Waals surface area contributed by atoms with Crippen molar-refractivity contribution in [3.63, 3.8) is 0 Å². The molecule has 0 aromatic carbocycles. The van der Waals surface area contributed by atoms with Gasteiger partial charge in [-0.25, -0.2) is 4.79 Å². The number of carbonyl (C=O) groups is 1. The summed E-state index contributed by atoms with van der Waals surface area (Å²) in [5.41, 5.74) is -1.07. The van der Waals surface area contributed by atoms with Gasteiger partial charge in [0.05, 0.1) is 4.47 Å². The van der Waals surface area contributed by atoms with Crippen LogP contribution in [0.15, 0.2) is 20.3 Å². The van der Waals surface area contributed by atoms with Crippen LogP contribution in [0.5, 0.6) is 0 Å². The molecule has 1 aromatic rings. The number of nitrogens with zero attached hydrogens (tertiary/aromatic N) is 2. The molecule has 1 amide bonds. The first-order valence-electron chi connectivity index (χ1n) is 6.15. The molecule has 0 unspecified atom stereocenters. The molecule has 1 aliphatic carbocycles. The molecule has 0 aliphatic heterocycles. The highest BCUT2D eigenvalue weighted by Gasteiger charge is 2.32. The second-order valence-corrected chi connectivity index (χ2v) is 5.80. The van der Waals surface area contributed by atoms with E-state index < -0.39 is 11.2 Å². The maximum atomic E-state index is 12.1. The lowest BCUT2D eigenvalue weighted by molar-refractivity contribution is -0.132. The van der Waals surface area contributed by atoms with Crippen molar-refractivity contribution in [2.75, 3.05) is 7.05 Å². The Labute approximate surface area is 118 Å². The van der Waals surface area contributed by atoms with Crippen LogP contribution in [0, 0.1) is 5.92 Å². The summed E-state index contributed by atoms with van der Waals surface area (Å²) in [6, 6.07) is 0.189. The summed E-state index contributed by atoms with van der Waals surface area (Å²) in [7, 11) is 1.75. The van der Waals surface area contributed by atoms with E-state index in [0.717, 1.165) is 12.8 Å². The average molecular weight is 330 g/mol. The molecule has 7 heteroatoms. The Morgan fingerprint density at radius 3 is 2.79 bits per heavy atom. The number of likely N-dealkylation sites (N-methyl/N-ethyl adjacent to an activating group) is 1. The molecule has 1 fully saturated rings. The molecule has 0 radical (unpaired) electrons. The summed E-state index contributed by atoms with van der Waals surface area (Å²) in [5, 5.41) is 0. The van der Waals surface area contributed by atoms with Gasteiger partial charge in [-0.2, -0.15) is 0 Å². The van der Waals surface area contributed by atoms with E-state index in [9.17, 15) is 14.4 Å². The SMILES string of the molecule is C[C@H](C1CC1)N(C)C(=O)Cn1cc(Br)c(=O)[nH]c1=O. The van der Waals surface area contributed by atoms with Crippen molar-refractivity contribution in [2.24, 2.45) is 5.92 Å². The van der Waals surface area contributed by atoms with Crippen LogP contribution in [0.2, 0.25) is 0 Å². The summed E-state index contributed by atoms with van der Waals surface area (Å²) in [4.78, 5) is 38.7. The first-order valence-corrected chi connectivity index (χ1v) is 6.94. The first kappa shape index (κ1) is 14.0. The van der Waals surface area contributed by atoms with E-state index in [1.54, 1.807) is 11.9 Å². The summed E-state index contributed by atoms with van der Waals surface area (Å²) >= 11 is 3.04. The molecule has 0 spiro atoms. The molecule has 6 nitrogen and oxygen atoms in total. The van der Waals surface area contributed by atoms with Gasteiger partial charge in [-0.3, -0.25) is 19.1 Å². The zero-order chi connectivity index (χ0) is 14.2. The van der Waals surface area contributed by atoms with Crippen LogP contribution < -0.4 is 11.2 Å². The molecular weight excluding hydrogens is 314 g/mol. The number of hydrogen-bond donors (Lipinski definition) is 1. The number of nitrogens with one attached hydrogen (secondary N) is 1. The number of amides is 1. The van der Waals surface area contributed by atoms with Crippen LogP contribution in [-0.4, -0.2) is 33.4 Å². The van der Waals surface area contributed by atoms with Crippen LogP contribution >= 0.6 is 15.9 Å². The van der Waals surface area contributed by atoms with Crippen molar-refractivity contribution in [3.8, 4) is 0 Å². The number of rotatable bonds is 4. The van der Waals surface area contributed by atoms with E-state index in [2.05, 4.69) is 20.9 Å². The molecular formula is C12H16BrN3O3. The van der Waals surface area contributed by atoms with Gasteiger partial charge in [0.15, 0.2) is 0 Å².